The lowest BCUT2D eigenvalue weighted by atomic mass is 10.0. The fraction of sp³-hybridized carbons (Fsp3) is 0.600. The van der Waals surface area contributed by atoms with Crippen LogP contribution in [0.3, 0.4) is 0 Å². The molecule has 0 atom stereocenters. The topological polar surface area (TPSA) is 24.1 Å². The molecule has 1 aromatic carbocycles. The van der Waals surface area contributed by atoms with Crippen molar-refractivity contribution in [2.45, 2.75) is 45.2 Å². The van der Waals surface area contributed by atoms with Crippen LogP contribution in [0.15, 0.2) is 24.3 Å². The summed E-state index contributed by atoms with van der Waals surface area (Å²) >= 11 is 0. The summed E-state index contributed by atoms with van der Waals surface area (Å²) in [5.41, 5.74) is 2.80. The lowest BCUT2D eigenvalue weighted by Crippen LogP contribution is -2.28. The number of benzene rings is 1. The highest BCUT2D eigenvalue weighted by Crippen LogP contribution is 2.17. The number of hydrogen-bond donors (Lipinski definition) is 2. The van der Waals surface area contributed by atoms with Crippen molar-refractivity contribution in [3.8, 4) is 0 Å². The van der Waals surface area contributed by atoms with Crippen molar-refractivity contribution in [3.05, 3.63) is 35.4 Å². The molecule has 2 N–H and O–H groups in total. The lowest BCUT2D eigenvalue weighted by Gasteiger charge is -2.08. The van der Waals surface area contributed by atoms with E-state index < -0.39 is 0 Å². The van der Waals surface area contributed by atoms with Gasteiger partial charge in [0.15, 0.2) is 0 Å². The average molecular weight is 232 g/mol. The molecule has 0 spiro atoms. The second-order valence-corrected chi connectivity index (χ2v) is 5.30. The highest BCUT2D eigenvalue weighted by molar-refractivity contribution is 5.24. The molecule has 2 rings (SSSR count). The fourth-order valence-electron chi connectivity index (χ4n) is 1.91. The zero-order valence-electron chi connectivity index (χ0n) is 11.0. The van der Waals surface area contributed by atoms with Crippen molar-refractivity contribution < 1.29 is 0 Å². The molecule has 0 unspecified atom stereocenters. The number of hydrogen-bond acceptors (Lipinski definition) is 2. The van der Waals surface area contributed by atoms with Gasteiger partial charge in [-0.2, -0.15) is 0 Å². The van der Waals surface area contributed by atoms with Gasteiger partial charge < -0.3 is 10.6 Å². The van der Waals surface area contributed by atoms with E-state index >= 15 is 0 Å². The Kier molecular flexibility index (Phi) is 4.57. The molecule has 0 radical (unpaired) electrons. The van der Waals surface area contributed by atoms with Gasteiger partial charge in [-0.3, -0.25) is 0 Å². The molecule has 1 aromatic rings. The number of rotatable bonds is 7. The maximum Gasteiger partial charge on any atom is 0.0206 e. The van der Waals surface area contributed by atoms with Gasteiger partial charge in [0.25, 0.3) is 0 Å². The highest BCUT2D eigenvalue weighted by Gasteiger charge is 2.19. The molecule has 17 heavy (non-hydrogen) atoms. The van der Waals surface area contributed by atoms with Gasteiger partial charge in [-0.05, 0) is 29.9 Å². The predicted octanol–water partition coefficient (Wildman–Crippen LogP) is 2.65. The molecular formula is C15H24N2. The van der Waals surface area contributed by atoms with Crippen LogP contribution >= 0.6 is 0 Å². The third-order valence-electron chi connectivity index (χ3n) is 3.29. The Morgan fingerprint density at radius 1 is 1.12 bits per heavy atom. The van der Waals surface area contributed by atoms with Crippen molar-refractivity contribution in [2.75, 3.05) is 13.1 Å². The van der Waals surface area contributed by atoms with Gasteiger partial charge in [0.05, 0.1) is 0 Å². The Hall–Kier alpha value is -0.860. The van der Waals surface area contributed by atoms with Gasteiger partial charge in [-0.25, -0.2) is 0 Å². The Morgan fingerprint density at radius 2 is 1.82 bits per heavy atom. The number of nitrogens with one attached hydrogen (secondary N) is 2. The summed E-state index contributed by atoms with van der Waals surface area (Å²) < 4.78 is 0. The first-order chi connectivity index (χ1) is 8.25. The lowest BCUT2D eigenvalue weighted by molar-refractivity contribution is 0.608. The van der Waals surface area contributed by atoms with Crippen LogP contribution in [0.2, 0.25) is 0 Å². The minimum Gasteiger partial charge on any atom is -0.313 e. The maximum atomic E-state index is 3.50. The van der Waals surface area contributed by atoms with Crippen LogP contribution in [0, 0.1) is 0 Å². The third-order valence-corrected chi connectivity index (χ3v) is 3.29. The smallest absolute Gasteiger partial charge is 0.0206 e. The largest absolute Gasteiger partial charge is 0.313 e. The van der Waals surface area contributed by atoms with E-state index in [0.29, 0.717) is 5.92 Å². The first-order valence-electron chi connectivity index (χ1n) is 6.78. The Labute approximate surface area is 105 Å². The van der Waals surface area contributed by atoms with E-state index in [-0.39, 0.29) is 0 Å². The van der Waals surface area contributed by atoms with Crippen molar-refractivity contribution in [1.29, 1.82) is 0 Å². The van der Waals surface area contributed by atoms with Gasteiger partial charge in [0.1, 0.15) is 0 Å². The van der Waals surface area contributed by atoms with Gasteiger partial charge in [-0.1, -0.05) is 38.1 Å². The van der Waals surface area contributed by atoms with Crippen LogP contribution in [-0.4, -0.2) is 19.1 Å². The molecule has 1 aliphatic rings. The average Bonchev–Trinajstić information content (AvgIpc) is 3.13. The molecule has 94 valence electrons. The molecule has 0 amide bonds. The summed E-state index contributed by atoms with van der Waals surface area (Å²) in [4.78, 5) is 0. The van der Waals surface area contributed by atoms with E-state index in [0.717, 1.165) is 25.7 Å². The zero-order chi connectivity index (χ0) is 12.1. The van der Waals surface area contributed by atoms with Crippen LogP contribution < -0.4 is 10.6 Å². The molecule has 1 fully saturated rings. The first kappa shape index (κ1) is 12.6. The van der Waals surface area contributed by atoms with Gasteiger partial charge >= 0.3 is 0 Å². The van der Waals surface area contributed by atoms with Crippen LogP contribution in [0.5, 0.6) is 0 Å². The Balaban J connectivity index is 1.63. The van der Waals surface area contributed by atoms with E-state index in [1.165, 1.54) is 24.0 Å². The molecule has 1 aliphatic carbocycles. The Morgan fingerprint density at radius 3 is 2.41 bits per heavy atom. The molecule has 1 saturated carbocycles. The predicted molar refractivity (Wildman–Crippen MR) is 73.3 cm³/mol. The molecule has 0 bridgehead atoms. The van der Waals surface area contributed by atoms with E-state index in [1.807, 2.05) is 0 Å². The summed E-state index contributed by atoms with van der Waals surface area (Å²) in [6, 6.07) is 9.77. The molecule has 0 saturated heterocycles. The molecular weight excluding hydrogens is 208 g/mol. The van der Waals surface area contributed by atoms with Gasteiger partial charge in [-0.15, -0.1) is 0 Å². The van der Waals surface area contributed by atoms with Crippen LogP contribution in [-0.2, 0) is 6.54 Å². The summed E-state index contributed by atoms with van der Waals surface area (Å²) in [6.07, 6.45) is 2.74. The first-order valence-corrected chi connectivity index (χ1v) is 6.78. The molecule has 2 nitrogen and oxygen atoms in total. The van der Waals surface area contributed by atoms with Crippen LogP contribution in [0.25, 0.3) is 0 Å². The normalized spacial score (nSPS) is 15.5. The summed E-state index contributed by atoms with van der Waals surface area (Å²) in [7, 11) is 0. The fourth-order valence-corrected chi connectivity index (χ4v) is 1.91. The second-order valence-electron chi connectivity index (χ2n) is 5.30. The molecule has 0 aliphatic heterocycles. The minimum atomic E-state index is 0.625. The molecule has 0 heterocycles. The van der Waals surface area contributed by atoms with E-state index in [4.69, 9.17) is 0 Å². The monoisotopic (exact) mass is 232 g/mol. The van der Waals surface area contributed by atoms with E-state index in [9.17, 15) is 0 Å². The molecule has 2 heteroatoms. The van der Waals surface area contributed by atoms with Gasteiger partial charge in [0, 0.05) is 25.7 Å². The standard InChI is InChI=1S/C15H24N2/c1-12(2)14-5-3-13(4-6-14)11-16-9-10-17-15-7-8-15/h3-6,12,15-17H,7-11H2,1-2H3. The summed E-state index contributed by atoms with van der Waals surface area (Å²) in [5, 5.41) is 6.98. The summed E-state index contributed by atoms with van der Waals surface area (Å²) in [5.74, 6) is 0.625. The zero-order valence-corrected chi connectivity index (χ0v) is 11.0. The van der Waals surface area contributed by atoms with Crippen molar-refractivity contribution in [1.82, 2.24) is 10.6 Å². The summed E-state index contributed by atoms with van der Waals surface area (Å²) in [6.45, 7) is 7.59. The van der Waals surface area contributed by atoms with Crippen molar-refractivity contribution >= 4 is 0 Å². The molecule has 0 aromatic heterocycles. The minimum absolute atomic E-state index is 0.625. The van der Waals surface area contributed by atoms with E-state index in [1.54, 1.807) is 0 Å². The van der Waals surface area contributed by atoms with Crippen molar-refractivity contribution in [3.63, 3.8) is 0 Å². The highest BCUT2D eigenvalue weighted by atomic mass is 15.0. The van der Waals surface area contributed by atoms with Crippen molar-refractivity contribution in [2.24, 2.45) is 0 Å². The second kappa shape index (κ2) is 6.18. The SMILES string of the molecule is CC(C)c1ccc(CNCCNC2CC2)cc1. The quantitative estimate of drug-likeness (QED) is 0.706. The van der Waals surface area contributed by atoms with Gasteiger partial charge in [0.2, 0.25) is 0 Å². The Bertz CT molecular complexity index is 325. The maximum absolute atomic E-state index is 3.50. The van der Waals surface area contributed by atoms with E-state index in [2.05, 4.69) is 48.7 Å². The van der Waals surface area contributed by atoms with Crippen LogP contribution in [0.1, 0.15) is 43.7 Å². The third kappa shape index (κ3) is 4.49. The van der Waals surface area contributed by atoms with Crippen LogP contribution in [0.4, 0.5) is 0 Å².